The Morgan fingerprint density at radius 2 is 1.81 bits per heavy atom. The summed E-state index contributed by atoms with van der Waals surface area (Å²) in [6, 6.07) is 0. The number of nitrogens with zero attached hydrogens (tertiary/aromatic N) is 2. The van der Waals surface area contributed by atoms with Crippen molar-refractivity contribution in [1.82, 2.24) is 9.21 Å². The molecule has 3 rings (SSSR count). The largest absolute Gasteiger partial charge is 0.378 e. The van der Waals surface area contributed by atoms with Gasteiger partial charge in [-0.25, -0.2) is 12.7 Å². The molecule has 0 aromatic heterocycles. The highest BCUT2D eigenvalue weighted by atomic mass is 32.2. The minimum Gasteiger partial charge on any atom is -0.378 e. The van der Waals surface area contributed by atoms with Crippen LogP contribution in [0.4, 0.5) is 0 Å². The molecule has 0 aliphatic carbocycles. The Bertz CT molecular complexity index is 580. The van der Waals surface area contributed by atoms with Gasteiger partial charge in [-0.05, 0) is 38.0 Å². The second kappa shape index (κ2) is 8.54. The number of rotatable bonds is 5. The lowest BCUT2D eigenvalue weighted by Crippen LogP contribution is -2.51. The van der Waals surface area contributed by atoms with Crippen LogP contribution in [0.1, 0.15) is 45.4 Å². The number of carbonyl (C=O) groups is 1. The number of ether oxygens (including phenoxy) is 2. The van der Waals surface area contributed by atoms with Gasteiger partial charge in [0.15, 0.2) is 0 Å². The van der Waals surface area contributed by atoms with E-state index in [0.29, 0.717) is 64.8 Å². The van der Waals surface area contributed by atoms with Gasteiger partial charge >= 0.3 is 0 Å². The van der Waals surface area contributed by atoms with E-state index in [1.54, 1.807) is 4.31 Å². The molecule has 1 spiro atoms. The lowest BCUT2D eigenvalue weighted by Gasteiger charge is -2.46. The van der Waals surface area contributed by atoms with Gasteiger partial charge in [0.05, 0.1) is 24.6 Å². The van der Waals surface area contributed by atoms with Crippen molar-refractivity contribution in [2.45, 2.75) is 51.0 Å². The first kappa shape index (κ1) is 20.0. The third-order valence-electron chi connectivity index (χ3n) is 5.91. The predicted octanol–water partition coefficient (Wildman–Crippen LogP) is 1.24. The molecule has 0 bridgehead atoms. The normalized spacial score (nSPS) is 27.6. The molecule has 3 aliphatic rings. The number of carbonyl (C=O) groups excluding carboxylic acids is 1. The Hall–Kier alpha value is -0.700. The van der Waals surface area contributed by atoms with Crippen molar-refractivity contribution in [3.8, 4) is 0 Å². The summed E-state index contributed by atoms with van der Waals surface area (Å²) in [5, 5.41) is 0. The Labute approximate surface area is 157 Å². The fourth-order valence-corrected chi connectivity index (χ4v) is 5.91. The van der Waals surface area contributed by atoms with Crippen LogP contribution >= 0.6 is 0 Å². The number of piperidine rings is 1. The molecule has 1 unspecified atom stereocenters. The number of sulfonamides is 1. The fourth-order valence-electron chi connectivity index (χ4n) is 4.40. The minimum absolute atomic E-state index is 0.220. The third-order valence-corrected chi connectivity index (χ3v) is 7.99. The van der Waals surface area contributed by atoms with Crippen molar-refractivity contribution in [3.63, 3.8) is 0 Å². The van der Waals surface area contributed by atoms with Gasteiger partial charge in [0.25, 0.3) is 0 Å². The van der Waals surface area contributed by atoms with Crippen LogP contribution in [-0.2, 0) is 24.3 Å². The smallest absolute Gasteiger partial charge is 0.223 e. The second-order valence-corrected chi connectivity index (χ2v) is 9.89. The summed E-state index contributed by atoms with van der Waals surface area (Å²) >= 11 is 0. The van der Waals surface area contributed by atoms with Crippen LogP contribution in [0.15, 0.2) is 0 Å². The fraction of sp³-hybridized carbons (Fsp3) is 0.944. The SMILES string of the molecule is CCCS(=O)(=O)N1CCC2(CC1)CC(CC(=O)N1CCOCC1)CCO2. The van der Waals surface area contributed by atoms with Crippen molar-refractivity contribution in [2.24, 2.45) is 5.92 Å². The predicted molar refractivity (Wildman–Crippen MR) is 98.3 cm³/mol. The van der Waals surface area contributed by atoms with Gasteiger partial charge < -0.3 is 14.4 Å². The van der Waals surface area contributed by atoms with Crippen LogP contribution in [0, 0.1) is 5.92 Å². The third kappa shape index (κ3) is 4.77. The highest BCUT2D eigenvalue weighted by Crippen LogP contribution is 2.39. The molecular weight excluding hydrogens is 356 g/mol. The van der Waals surface area contributed by atoms with Gasteiger partial charge in [-0.2, -0.15) is 0 Å². The van der Waals surface area contributed by atoms with Gasteiger partial charge in [-0.1, -0.05) is 6.92 Å². The quantitative estimate of drug-likeness (QED) is 0.708. The molecule has 7 nitrogen and oxygen atoms in total. The van der Waals surface area contributed by atoms with E-state index in [4.69, 9.17) is 9.47 Å². The maximum absolute atomic E-state index is 12.5. The van der Waals surface area contributed by atoms with E-state index in [2.05, 4.69) is 0 Å². The zero-order chi connectivity index (χ0) is 18.6. The van der Waals surface area contributed by atoms with Crippen LogP contribution < -0.4 is 0 Å². The average molecular weight is 389 g/mol. The van der Waals surface area contributed by atoms with Crippen LogP contribution in [0.3, 0.4) is 0 Å². The monoisotopic (exact) mass is 388 g/mol. The summed E-state index contributed by atoms with van der Waals surface area (Å²) < 4.78 is 37.6. The number of hydrogen-bond donors (Lipinski definition) is 0. The van der Waals surface area contributed by atoms with Gasteiger partial charge in [-0.15, -0.1) is 0 Å². The van der Waals surface area contributed by atoms with Crippen molar-refractivity contribution in [2.75, 3.05) is 51.8 Å². The molecule has 0 N–H and O–H groups in total. The van der Waals surface area contributed by atoms with Crippen LogP contribution in [0.5, 0.6) is 0 Å². The van der Waals surface area contributed by atoms with E-state index in [0.717, 1.165) is 25.7 Å². The summed E-state index contributed by atoms with van der Waals surface area (Å²) in [7, 11) is -3.13. The molecule has 1 amide bonds. The first-order valence-electron chi connectivity index (χ1n) is 9.91. The zero-order valence-electron chi connectivity index (χ0n) is 15.8. The van der Waals surface area contributed by atoms with E-state index in [1.165, 1.54) is 0 Å². The van der Waals surface area contributed by atoms with Crippen molar-refractivity contribution in [1.29, 1.82) is 0 Å². The summed E-state index contributed by atoms with van der Waals surface area (Å²) in [4.78, 5) is 14.4. The average Bonchev–Trinajstić information content (AvgIpc) is 2.63. The molecule has 26 heavy (non-hydrogen) atoms. The highest BCUT2D eigenvalue weighted by Gasteiger charge is 2.42. The first-order valence-corrected chi connectivity index (χ1v) is 11.5. The number of amides is 1. The molecule has 3 fully saturated rings. The number of hydrogen-bond acceptors (Lipinski definition) is 5. The summed E-state index contributed by atoms with van der Waals surface area (Å²) in [5.74, 6) is 0.772. The van der Waals surface area contributed by atoms with E-state index in [-0.39, 0.29) is 17.3 Å². The van der Waals surface area contributed by atoms with Gasteiger partial charge in [0.1, 0.15) is 0 Å². The van der Waals surface area contributed by atoms with E-state index in [1.807, 2.05) is 11.8 Å². The Morgan fingerprint density at radius 1 is 1.12 bits per heavy atom. The van der Waals surface area contributed by atoms with Crippen molar-refractivity contribution < 1.29 is 22.7 Å². The van der Waals surface area contributed by atoms with E-state index >= 15 is 0 Å². The Morgan fingerprint density at radius 3 is 2.46 bits per heavy atom. The summed E-state index contributed by atoms with van der Waals surface area (Å²) in [6.45, 7) is 6.27. The molecule has 0 aromatic carbocycles. The first-order chi connectivity index (χ1) is 12.4. The second-order valence-electron chi connectivity index (χ2n) is 7.80. The summed E-state index contributed by atoms with van der Waals surface area (Å²) in [5.41, 5.74) is -0.244. The topological polar surface area (TPSA) is 76.2 Å². The maximum Gasteiger partial charge on any atom is 0.223 e. The molecule has 3 heterocycles. The highest BCUT2D eigenvalue weighted by molar-refractivity contribution is 7.89. The molecule has 150 valence electrons. The number of morpholine rings is 1. The van der Waals surface area contributed by atoms with E-state index < -0.39 is 10.0 Å². The Balaban J connectivity index is 1.53. The maximum atomic E-state index is 12.5. The molecular formula is C18H32N2O5S. The van der Waals surface area contributed by atoms with E-state index in [9.17, 15) is 13.2 Å². The van der Waals surface area contributed by atoms with Gasteiger partial charge in [0.2, 0.25) is 15.9 Å². The minimum atomic E-state index is -3.13. The van der Waals surface area contributed by atoms with Crippen LogP contribution in [-0.4, -0.2) is 80.9 Å². The molecule has 8 heteroatoms. The lowest BCUT2D eigenvalue weighted by molar-refractivity contribution is -0.143. The van der Waals surface area contributed by atoms with Gasteiger partial charge in [0, 0.05) is 39.2 Å². The van der Waals surface area contributed by atoms with Crippen LogP contribution in [0.25, 0.3) is 0 Å². The lowest BCUT2D eigenvalue weighted by atomic mass is 9.78. The molecule has 0 saturated carbocycles. The van der Waals surface area contributed by atoms with Crippen LogP contribution in [0.2, 0.25) is 0 Å². The molecule has 1 atom stereocenters. The van der Waals surface area contributed by atoms with Gasteiger partial charge in [-0.3, -0.25) is 4.79 Å². The zero-order valence-corrected chi connectivity index (χ0v) is 16.6. The molecule has 0 aromatic rings. The standard InChI is InChI=1S/C18H32N2O5S/c1-2-13-26(22,23)20-6-4-18(5-7-20)15-16(3-10-25-18)14-17(21)19-8-11-24-12-9-19/h16H,2-15H2,1H3. The molecule has 0 radical (unpaired) electrons. The Kier molecular flexibility index (Phi) is 6.59. The molecule has 3 aliphatic heterocycles. The van der Waals surface area contributed by atoms with Crippen molar-refractivity contribution in [3.05, 3.63) is 0 Å². The summed E-state index contributed by atoms with van der Waals surface area (Å²) in [6.07, 6.45) is 4.46. The van der Waals surface area contributed by atoms with Crippen molar-refractivity contribution >= 4 is 15.9 Å². The molecule has 3 saturated heterocycles.